The van der Waals surface area contributed by atoms with Gasteiger partial charge in [0.25, 0.3) is 0 Å². The maximum Gasteiger partial charge on any atom is 0.130 e. The predicted molar refractivity (Wildman–Crippen MR) is 82.0 cm³/mol. The number of halogens is 1. The van der Waals surface area contributed by atoms with Gasteiger partial charge in [-0.1, -0.05) is 37.6 Å². The molecule has 1 aromatic carbocycles. The Balaban J connectivity index is 1.94. The quantitative estimate of drug-likeness (QED) is 0.878. The first-order chi connectivity index (χ1) is 9.63. The van der Waals surface area contributed by atoms with E-state index in [0.29, 0.717) is 17.7 Å². The first-order valence-corrected chi connectivity index (χ1v) is 7.08. The third-order valence-electron chi connectivity index (χ3n) is 2.74. The molecule has 0 aliphatic rings. The van der Waals surface area contributed by atoms with Crippen molar-refractivity contribution in [2.45, 2.75) is 33.0 Å². The summed E-state index contributed by atoms with van der Waals surface area (Å²) in [7, 11) is 0. The fourth-order valence-electron chi connectivity index (χ4n) is 1.73. The topological polar surface area (TPSA) is 34.1 Å². The molecule has 1 heterocycles. The fourth-order valence-corrected chi connectivity index (χ4v) is 1.91. The molecule has 0 radical (unpaired) electrons. The molecule has 4 heteroatoms. The van der Waals surface area contributed by atoms with Crippen molar-refractivity contribution < 1.29 is 4.74 Å². The van der Waals surface area contributed by atoms with E-state index in [-0.39, 0.29) is 0 Å². The van der Waals surface area contributed by atoms with E-state index in [1.54, 1.807) is 6.07 Å². The van der Waals surface area contributed by atoms with E-state index >= 15 is 0 Å². The van der Waals surface area contributed by atoms with E-state index in [1.165, 1.54) is 0 Å². The minimum atomic E-state index is 0.440. The summed E-state index contributed by atoms with van der Waals surface area (Å²) >= 11 is 5.92. The Morgan fingerprint density at radius 1 is 1.15 bits per heavy atom. The van der Waals surface area contributed by atoms with Crippen LogP contribution in [0.5, 0.6) is 5.75 Å². The number of nitrogens with zero attached hydrogens (tertiary/aromatic N) is 1. The largest absolute Gasteiger partial charge is 0.487 e. The number of hydrogen-bond donors (Lipinski definition) is 1. The van der Waals surface area contributed by atoms with Gasteiger partial charge in [0.2, 0.25) is 0 Å². The summed E-state index contributed by atoms with van der Waals surface area (Å²) in [4.78, 5) is 4.56. The molecule has 0 fully saturated rings. The molecular formula is C16H19ClN2O. The third-order valence-corrected chi connectivity index (χ3v) is 2.97. The average Bonchev–Trinajstić information content (AvgIpc) is 2.43. The Bertz CT molecular complexity index is 558. The summed E-state index contributed by atoms with van der Waals surface area (Å²) in [6, 6.07) is 13.8. The van der Waals surface area contributed by atoms with Gasteiger partial charge in [-0.15, -0.1) is 0 Å². The molecule has 0 atom stereocenters. The Hall–Kier alpha value is -1.58. The van der Waals surface area contributed by atoms with Crippen LogP contribution in [0.3, 0.4) is 0 Å². The zero-order chi connectivity index (χ0) is 14.4. The van der Waals surface area contributed by atoms with Crippen molar-refractivity contribution in [2.24, 2.45) is 0 Å². The molecule has 0 aliphatic heterocycles. The van der Waals surface area contributed by atoms with Crippen LogP contribution in [0.1, 0.15) is 25.2 Å². The van der Waals surface area contributed by atoms with Gasteiger partial charge in [-0.05, 0) is 30.3 Å². The molecule has 0 saturated heterocycles. The highest BCUT2D eigenvalue weighted by atomic mass is 35.5. The standard InChI is InChI=1S/C16H19ClN2O/c1-12(2)18-10-14-6-4-7-15(19-14)11-20-16-8-3-5-13(17)9-16/h3-9,12,18H,10-11H2,1-2H3. The highest BCUT2D eigenvalue weighted by Gasteiger charge is 2.01. The minimum Gasteiger partial charge on any atom is -0.487 e. The van der Waals surface area contributed by atoms with Crippen LogP contribution >= 0.6 is 11.6 Å². The van der Waals surface area contributed by atoms with Crippen LogP contribution in [0.15, 0.2) is 42.5 Å². The van der Waals surface area contributed by atoms with Gasteiger partial charge in [0.05, 0.1) is 11.4 Å². The van der Waals surface area contributed by atoms with Crippen LogP contribution in [0.2, 0.25) is 5.02 Å². The lowest BCUT2D eigenvalue weighted by Crippen LogP contribution is -2.22. The highest BCUT2D eigenvalue weighted by Crippen LogP contribution is 2.18. The van der Waals surface area contributed by atoms with Gasteiger partial charge in [-0.2, -0.15) is 0 Å². The molecule has 106 valence electrons. The molecular weight excluding hydrogens is 272 g/mol. The van der Waals surface area contributed by atoms with Crippen molar-refractivity contribution in [1.82, 2.24) is 10.3 Å². The van der Waals surface area contributed by atoms with Gasteiger partial charge >= 0.3 is 0 Å². The smallest absolute Gasteiger partial charge is 0.130 e. The normalized spacial score (nSPS) is 10.8. The lowest BCUT2D eigenvalue weighted by molar-refractivity contribution is 0.301. The summed E-state index contributed by atoms with van der Waals surface area (Å²) in [5, 5.41) is 4.02. The van der Waals surface area contributed by atoms with E-state index in [4.69, 9.17) is 16.3 Å². The summed E-state index contributed by atoms with van der Waals surface area (Å²) in [5.74, 6) is 0.755. The molecule has 0 aliphatic carbocycles. The summed E-state index contributed by atoms with van der Waals surface area (Å²) in [6.45, 7) is 5.44. The number of rotatable bonds is 6. The number of aromatic nitrogens is 1. The molecule has 0 saturated carbocycles. The van der Waals surface area contributed by atoms with Gasteiger partial charge < -0.3 is 10.1 Å². The van der Waals surface area contributed by atoms with Gasteiger partial charge in [-0.3, -0.25) is 4.98 Å². The molecule has 0 spiro atoms. The van der Waals surface area contributed by atoms with Crippen molar-refractivity contribution >= 4 is 11.6 Å². The van der Waals surface area contributed by atoms with E-state index in [9.17, 15) is 0 Å². The zero-order valence-electron chi connectivity index (χ0n) is 11.8. The Morgan fingerprint density at radius 3 is 2.65 bits per heavy atom. The fraction of sp³-hybridized carbons (Fsp3) is 0.312. The molecule has 3 nitrogen and oxygen atoms in total. The zero-order valence-corrected chi connectivity index (χ0v) is 12.5. The molecule has 1 N–H and O–H groups in total. The summed E-state index contributed by atoms with van der Waals surface area (Å²) in [6.07, 6.45) is 0. The number of benzene rings is 1. The van der Waals surface area contributed by atoms with Crippen LogP contribution in [-0.2, 0) is 13.2 Å². The molecule has 0 bridgehead atoms. The number of hydrogen-bond acceptors (Lipinski definition) is 3. The summed E-state index contributed by atoms with van der Waals surface area (Å²) < 4.78 is 5.69. The lowest BCUT2D eigenvalue weighted by Gasteiger charge is -2.09. The van der Waals surface area contributed by atoms with E-state index < -0.39 is 0 Å². The lowest BCUT2D eigenvalue weighted by atomic mass is 10.3. The SMILES string of the molecule is CC(C)NCc1cccc(COc2cccc(Cl)c2)n1. The molecule has 2 rings (SSSR count). The van der Waals surface area contributed by atoms with E-state index in [2.05, 4.69) is 24.1 Å². The maximum absolute atomic E-state index is 5.92. The molecule has 0 unspecified atom stereocenters. The van der Waals surface area contributed by atoms with Crippen LogP contribution in [0.25, 0.3) is 0 Å². The van der Waals surface area contributed by atoms with Crippen molar-refractivity contribution in [3.8, 4) is 5.75 Å². The first kappa shape index (κ1) is 14.8. The Labute approximate surface area is 124 Å². The number of pyridine rings is 1. The molecule has 0 amide bonds. The van der Waals surface area contributed by atoms with Crippen molar-refractivity contribution in [3.63, 3.8) is 0 Å². The van der Waals surface area contributed by atoms with Gasteiger partial charge in [-0.25, -0.2) is 0 Å². The first-order valence-electron chi connectivity index (χ1n) is 6.70. The predicted octanol–water partition coefficient (Wildman–Crippen LogP) is 3.81. The van der Waals surface area contributed by atoms with Gasteiger partial charge in [0, 0.05) is 17.6 Å². The number of ether oxygens (including phenoxy) is 1. The Morgan fingerprint density at radius 2 is 1.90 bits per heavy atom. The van der Waals surface area contributed by atoms with Crippen LogP contribution in [0, 0.1) is 0 Å². The van der Waals surface area contributed by atoms with Crippen LogP contribution in [-0.4, -0.2) is 11.0 Å². The minimum absolute atomic E-state index is 0.440. The average molecular weight is 291 g/mol. The van der Waals surface area contributed by atoms with Gasteiger partial charge in [0.1, 0.15) is 12.4 Å². The second-order valence-electron chi connectivity index (χ2n) is 4.90. The van der Waals surface area contributed by atoms with E-state index in [0.717, 1.165) is 23.7 Å². The highest BCUT2D eigenvalue weighted by molar-refractivity contribution is 6.30. The monoisotopic (exact) mass is 290 g/mol. The van der Waals surface area contributed by atoms with Gasteiger partial charge in [0.15, 0.2) is 0 Å². The van der Waals surface area contributed by atoms with Crippen molar-refractivity contribution in [1.29, 1.82) is 0 Å². The van der Waals surface area contributed by atoms with E-state index in [1.807, 2.05) is 36.4 Å². The second-order valence-corrected chi connectivity index (χ2v) is 5.34. The third kappa shape index (κ3) is 4.83. The molecule has 1 aromatic heterocycles. The molecule has 2 aromatic rings. The van der Waals surface area contributed by atoms with Crippen LogP contribution < -0.4 is 10.1 Å². The Kier molecular flexibility index (Phi) is 5.39. The second kappa shape index (κ2) is 7.27. The van der Waals surface area contributed by atoms with Crippen molar-refractivity contribution in [3.05, 3.63) is 58.9 Å². The summed E-state index contributed by atoms with van der Waals surface area (Å²) in [5.41, 5.74) is 1.93. The maximum atomic E-state index is 5.92. The molecule has 20 heavy (non-hydrogen) atoms. The number of nitrogens with one attached hydrogen (secondary N) is 1. The van der Waals surface area contributed by atoms with Crippen molar-refractivity contribution in [2.75, 3.05) is 0 Å². The van der Waals surface area contributed by atoms with Crippen LogP contribution in [0.4, 0.5) is 0 Å².